The van der Waals surface area contributed by atoms with E-state index in [1.54, 1.807) is 38.5 Å². The number of hydrogen-bond acceptors (Lipinski definition) is 6. The Morgan fingerprint density at radius 2 is 1.55 bits per heavy atom. The van der Waals surface area contributed by atoms with Gasteiger partial charge in [0.15, 0.2) is 16.9 Å². The minimum atomic E-state index is -0.158. The molecule has 0 aliphatic rings. The molecule has 1 aromatic heterocycles. The summed E-state index contributed by atoms with van der Waals surface area (Å²) < 4.78 is 28.1. The summed E-state index contributed by atoms with van der Waals surface area (Å²) in [5.41, 5.74) is 2.24. The number of aryl methyl sites for hydroxylation is 1. The molecule has 3 aromatic carbocycles. The third-order valence-electron chi connectivity index (χ3n) is 5.37. The maximum atomic E-state index is 12.9. The van der Waals surface area contributed by atoms with Crippen LogP contribution in [0.1, 0.15) is 12.0 Å². The first-order chi connectivity index (χ1) is 16.1. The highest BCUT2D eigenvalue weighted by Crippen LogP contribution is 2.41. The number of rotatable bonds is 9. The third kappa shape index (κ3) is 4.95. The van der Waals surface area contributed by atoms with Crippen molar-refractivity contribution in [3.8, 4) is 34.3 Å². The van der Waals surface area contributed by atoms with Crippen LogP contribution < -0.4 is 24.4 Å². The molecule has 1 heterocycles. The highest BCUT2D eigenvalue weighted by atomic mass is 16.5. The molecule has 0 unspecified atom stereocenters. The average molecular weight is 446 g/mol. The molecule has 0 saturated carbocycles. The highest BCUT2D eigenvalue weighted by molar-refractivity contribution is 5.80. The zero-order valence-corrected chi connectivity index (χ0v) is 18.9. The van der Waals surface area contributed by atoms with Gasteiger partial charge in [0.1, 0.15) is 17.1 Å². The molecular weight excluding hydrogens is 420 g/mol. The Labute approximate surface area is 192 Å². The summed E-state index contributed by atoms with van der Waals surface area (Å²) in [6.45, 7) is 0.565. The van der Waals surface area contributed by atoms with E-state index >= 15 is 0 Å². The Morgan fingerprint density at radius 3 is 2.21 bits per heavy atom. The molecule has 0 aliphatic heterocycles. The smallest absolute Gasteiger partial charge is 0.203 e. The predicted molar refractivity (Wildman–Crippen MR) is 128 cm³/mol. The van der Waals surface area contributed by atoms with Crippen molar-refractivity contribution in [2.45, 2.75) is 12.8 Å². The molecule has 0 fully saturated rings. The van der Waals surface area contributed by atoms with Gasteiger partial charge in [0.05, 0.1) is 33.3 Å². The van der Waals surface area contributed by atoms with Crippen molar-refractivity contribution in [3.05, 3.63) is 82.5 Å². The number of hydrogen-bond donors (Lipinski definition) is 0. The lowest BCUT2D eigenvalue weighted by Gasteiger charge is -2.14. The van der Waals surface area contributed by atoms with Crippen LogP contribution in [0.2, 0.25) is 0 Å². The lowest BCUT2D eigenvalue weighted by atomic mass is 10.1. The number of methoxy groups -OCH3 is 3. The van der Waals surface area contributed by atoms with Crippen LogP contribution in [0.15, 0.2) is 75.9 Å². The molecular formula is C27H26O6. The molecule has 0 spiro atoms. The molecule has 170 valence electrons. The van der Waals surface area contributed by atoms with Gasteiger partial charge in [-0.3, -0.25) is 4.79 Å². The van der Waals surface area contributed by atoms with Crippen molar-refractivity contribution in [1.82, 2.24) is 0 Å². The second kappa shape index (κ2) is 10.1. The predicted octanol–water partition coefficient (Wildman–Crippen LogP) is 5.50. The largest absolute Gasteiger partial charge is 0.494 e. The van der Waals surface area contributed by atoms with Gasteiger partial charge in [0.2, 0.25) is 5.75 Å². The van der Waals surface area contributed by atoms with E-state index in [9.17, 15) is 4.79 Å². The zero-order chi connectivity index (χ0) is 23.2. The molecule has 0 radical (unpaired) electrons. The third-order valence-corrected chi connectivity index (χ3v) is 5.37. The molecule has 0 aliphatic carbocycles. The van der Waals surface area contributed by atoms with Crippen LogP contribution in [-0.4, -0.2) is 27.9 Å². The summed E-state index contributed by atoms with van der Waals surface area (Å²) in [6, 6.07) is 20.5. The molecule has 0 amide bonds. The maximum absolute atomic E-state index is 12.9. The maximum Gasteiger partial charge on any atom is 0.203 e. The fourth-order valence-corrected chi connectivity index (χ4v) is 3.70. The SMILES string of the molecule is COc1cc(-c2cc(=O)c3cc(OCCCc4ccccc4)ccc3o2)cc(OC)c1OC. The Kier molecular flexibility index (Phi) is 6.83. The summed E-state index contributed by atoms with van der Waals surface area (Å²) in [4.78, 5) is 12.9. The monoisotopic (exact) mass is 446 g/mol. The number of fused-ring (bicyclic) bond motifs is 1. The summed E-state index contributed by atoms with van der Waals surface area (Å²) >= 11 is 0. The van der Waals surface area contributed by atoms with Gasteiger partial charge < -0.3 is 23.4 Å². The molecule has 4 aromatic rings. The summed E-state index contributed by atoms with van der Waals surface area (Å²) in [6.07, 6.45) is 1.82. The van der Waals surface area contributed by atoms with Gasteiger partial charge in [-0.1, -0.05) is 30.3 Å². The fraction of sp³-hybridized carbons (Fsp3) is 0.222. The van der Waals surface area contributed by atoms with Gasteiger partial charge >= 0.3 is 0 Å². The molecule has 33 heavy (non-hydrogen) atoms. The summed E-state index contributed by atoms with van der Waals surface area (Å²) in [5, 5.41) is 0.465. The van der Waals surface area contributed by atoms with Crippen molar-refractivity contribution in [3.63, 3.8) is 0 Å². The van der Waals surface area contributed by atoms with E-state index in [0.29, 0.717) is 51.9 Å². The van der Waals surface area contributed by atoms with E-state index in [2.05, 4.69) is 12.1 Å². The van der Waals surface area contributed by atoms with Crippen molar-refractivity contribution in [2.24, 2.45) is 0 Å². The quantitative estimate of drug-likeness (QED) is 0.317. The van der Waals surface area contributed by atoms with Crippen LogP contribution in [0.25, 0.3) is 22.3 Å². The van der Waals surface area contributed by atoms with Gasteiger partial charge in [-0.15, -0.1) is 0 Å². The topological polar surface area (TPSA) is 67.1 Å². The van der Waals surface area contributed by atoms with Crippen molar-refractivity contribution in [2.75, 3.05) is 27.9 Å². The van der Waals surface area contributed by atoms with Crippen LogP contribution in [-0.2, 0) is 6.42 Å². The molecule has 0 N–H and O–H groups in total. The van der Waals surface area contributed by atoms with E-state index in [-0.39, 0.29) is 5.43 Å². The van der Waals surface area contributed by atoms with Gasteiger partial charge in [-0.25, -0.2) is 0 Å². The first-order valence-corrected chi connectivity index (χ1v) is 10.7. The molecule has 4 rings (SSSR count). The first kappa shape index (κ1) is 22.3. The standard InChI is InChI=1S/C27H26O6/c1-29-25-14-19(15-26(30-2)27(25)31-3)24-17-22(28)21-16-20(11-12-23(21)33-24)32-13-7-10-18-8-5-4-6-9-18/h4-6,8-9,11-12,14-17H,7,10,13H2,1-3H3. The zero-order valence-electron chi connectivity index (χ0n) is 18.9. The van der Waals surface area contributed by atoms with Gasteiger partial charge in [-0.05, 0) is 48.7 Å². The van der Waals surface area contributed by atoms with Crippen molar-refractivity contribution in [1.29, 1.82) is 0 Å². The van der Waals surface area contributed by atoms with Gasteiger partial charge in [0, 0.05) is 11.6 Å². The molecule has 0 saturated heterocycles. The molecule has 0 atom stereocenters. The lowest BCUT2D eigenvalue weighted by molar-refractivity contribution is 0.311. The van der Waals surface area contributed by atoms with Gasteiger partial charge in [0.25, 0.3) is 0 Å². The van der Waals surface area contributed by atoms with Crippen LogP contribution in [0, 0.1) is 0 Å². The van der Waals surface area contributed by atoms with Crippen LogP contribution in [0.3, 0.4) is 0 Å². The van der Waals surface area contributed by atoms with E-state index < -0.39 is 0 Å². The Bertz CT molecular complexity index is 1270. The van der Waals surface area contributed by atoms with Crippen molar-refractivity contribution >= 4 is 11.0 Å². The Hall–Kier alpha value is -3.93. The van der Waals surface area contributed by atoms with E-state index in [4.69, 9.17) is 23.4 Å². The van der Waals surface area contributed by atoms with E-state index in [0.717, 1.165) is 12.8 Å². The lowest BCUT2D eigenvalue weighted by Crippen LogP contribution is -2.03. The fourth-order valence-electron chi connectivity index (χ4n) is 3.70. The molecule has 0 bridgehead atoms. The van der Waals surface area contributed by atoms with Gasteiger partial charge in [-0.2, -0.15) is 0 Å². The van der Waals surface area contributed by atoms with E-state index in [1.165, 1.54) is 18.7 Å². The van der Waals surface area contributed by atoms with Crippen LogP contribution in [0.4, 0.5) is 0 Å². The van der Waals surface area contributed by atoms with Crippen LogP contribution >= 0.6 is 0 Å². The first-order valence-electron chi connectivity index (χ1n) is 10.7. The van der Waals surface area contributed by atoms with Crippen LogP contribution in [0.5, 0.6) is 23.0 Å². The summed E-state index contributed by atoms with van der Waals surface area (Å²) in [5.74, 6) is 2.48. The minimum Gasteiger partial charge on any atom is -0.494 e. The summed E-state index contributed by atoms with van der Waals surface area (Å²) in [7, 11) is 4.62. The molecule has 6 heteroatoms. The van der Waals surface area contributed by atoms with E-state index in [1.807, 2.05) is 24.3 Å². The Balaban J connectivity index is 1.55. The molecule has 6 nitrogen and oxygen atoms in total. The average Bonchev–Trinajstić information content (AvgIpc) is 2.86. The number of ether oxygens (including phenoxy) is 4. The minimum absolute atomic E-state index is 0.158. The number of benzene rings is 3. The normalized spacial score (nSPS) is 10.8. The van der Waals surface area contributed by atoms with Crippen molar-refractivity contribution < 1.29 is 23.4 Å². The second-order valence-corrected chi connectivity index (χ2v) is 7.48. The highest BCUT2D eigenvalue weighted by Gasteiger charge is 2.16. The Morgan fingerprint density at radius 1 is 0.818 bits per heavy atom. The second-order valence-electron chi connectivity index (χ2n) is 7.48.